The van der Waals surface area contributed by atoms with E-state index >= 15 is 0 Å². The minimum Gasteiger partial charge on any atom is -0.441 e. The lowest BCUT2D eigenvalue weighted by Crippen LogP contribution is -2.04. The second kappa shape index (κ2) is 6.25. The number of hydrogen-bond donors (Lipinski definition) is 0. The summed E-state index contributed by atoms with van der Waals surface area (Å²) in [6.07, 6.45) is 3.87. The molecule has 0 unspecified atom stereocenters. The lowest BCUT2D eigenvalue weighted by atomic mass is 10.1. The zero-order valence-corrected chi connectivity index (χ0v) is 14.8. The number of ketones is 1. The van der Waals surface area contributed by atoms with Crippen LogP contribution in [0.4, 0.5) is 0 Å². The van der Waals surface area contributed by atoms with Crippen LogP contribution in [0.5, 0.6) is 0 Å². The molecular weight excluding hydrogens is 332 g/mol. The molecule has 0 N–H and O–H groups in total. The SMILES string of the molecule is Cc1nc2ccc(C(=O)Cc3cnn(Cc4c(C)noc4C)c3)cc2o1. The fourth-order valence-electron chi connectivity index (χ4n) is 2.97. The molecule has 3 heterocycles. The van der Waals surface area contributed by atoms with Gasteiger partial charge < -0.3 is 8.94 Å². The van der Waals surface area contributed by atoms with E-state index in [1.807, 2.05) is 20.0 Å². The molecule has 26 heavy (non-hydrogen) atoms. The molecule has 0 saturated carbocycles. The van der Waals surface area contributed by atoms with Gasteiger partial charge in [-0.2, -0.15) is 5.10 Å². The molecule has 7 heteroatoms. The largest absolute Gasteiger partial charge is 0.441 e. The second-order valence-corrected chi connectivity index (χ2v) is 6.36. The van der Waals surface area contributed by atoms with Crippen LogP contribution in [0.25, 0.3) is 11.1 Å². The number of Topliss-reactive ketones (excluding diaryl/α,β-unsaturated/α-hetero) is 1. The van der Waals surface area contributed by atoms with E-state index in [2.05, 4.69) is 15.2 Å². The maximum Gasteiger partial charge on any atom is 0.192 e. The summed E-state index contributed by atoms with van der Waals surface area (Å²) in [6, 6.07) is 5.33. The summed E-state index contributed by atoms with van der Waals surface area (Å²) < 4.78 is 12.5. The minimum atomic E-state index is 0.0119. The van der Waals surface area contributed by atoms with E-state index in [0.717, 1.165) is 28.1 Å². The van der Waals surface area contributed by atoms with Gasteiger partial charge in [0.2, 0.25) is 0 Å². The number of carbonyl (C=O) groups excluding carboxylic acids is 1. The van der Waals surface area contributed by atoms with Crippen molar-refractivity contribution >= 4 is 16.9 Å². The highest BCUT2D eigenvalue weighted by atomic mass is 16.5. The Morgan fingerprint density at radius 1 is 1.23 bits per heavy atom. The third-order valence-corrected chi connectivity index (χ3v) is 4.37. The lowest BCUT2D eigenvalue weighted by molar-refractivity contribution is 0.0993. The summed E-state index contributed by atoms with van der Waals surface area (Å²) in [4.78, 5) is 16.8. The number of benzene rings is 1. The Morgan fingerprint density at radius 2 is 2.08 bits per heavy atom. The van der Waals surface area contributed by atoms with Gasteiger partial charge in [-0.1, -0.05) is 5.16 Å². The van der Waals surface area contributed by atoms with E-state index in [1.165, 1.54) is 0 Å². The molecule has 0 saturated heterocycles. The Balaban J connectivity index is 1.50. The molecular formula is C19H18N4O3. The summed E-state index contributed by atoms with van der Waals surface area (Å²) in [6.45, 7) is 6.14. The smallest absolute Gasteiger partial charge is 0.192 e. The van der Waals surface area contributed by atoms with Gasteiger partial charge in [0.15, 0.2) is 17.3 Å². The predicted molar refractivity (Wildman–Crippen MR) is 94.1 cm³/mol. The molecule has 0 aliphatic heterocycles. The van der Waals surface area contributed by atoms with Crippen molar-refractivity contribution in [3.63, 3.8) is 0 Å². The van der Waals surface area contributed by atoms with Crippen molar-refractivity contribution in [1.29, 1.82) is 0 Å². The van der Waals surface area contributed by atoms with Crippen LogP contribution in [-0.4, -0.2) is 25.7 Å². The molecule has 3 aromatic heterocycles. The lowest BCUT2D eigenvalue weighted by Gasteiger charge is -2.01. The van der Waals surface area contributed by atoms with E-state index in [9.17, 15) is 4.79 Å². The van der Waals surface area contributed by atoms with Gasteiger partial charge in [-0.05, 0) is 37.6 Å². The minimum absolute atomic E-state index is 0.0119. The molecule has 4 aromatic rings. The summed E-state index contributed by atoms with van der Waals surface area (Å²) >= 11 is 0. The van der Waals surface area contributed by atoms with Gasteiger partial charge in [0.25, 0.3) is 0 Å². The van der Waals surface area contributed by atoms with Gasteiger partial charge in [0.05, 0.1) is 18.4 Å². The first-order valence-corrected chi connectivity index (χ1v) is 8.33. The Hall–Kier alpha value is -3.22. The van der Waals surface area contributed by atoms with Crippen molar-refractivity contribution in [2.75, 3.05) is 0 Å². The fourth-order valence-corrected chi connectivity index (χ4v) is 2.97. The highest BCUT2D eigenvalue weighted by molar-refractivity contribution is 5.99. The van der Waals surface area contributed by atoms with E-state index in [4.69, 9.17) is 8.94 Å². The van der Waals surface area contributed by atoms with Gasteiger partial charge in [0.1, 0.15) is 11.3 Å². The number of carbonyl (C=O) groups is 1. The zero-order chi connectivity index (χ0) is 18.3. The number of fused-ring (bicyclic) bond motifs is 1. The van der Waals surface area contributed by atoms with Crippen LogP contribution in [0.1, 0.15) is 38.8 Å². The third-order valence-electron chi connectivity index (χ3n) is 4.37. The van der Waals surface area contributed by atoms with Crippen molar-refractivity contribution in [1.82, 2.24) is 19.9 Å². The predicted octanol–water partition coefficient (Wildman–Crippen LogP) is 3.41. The maximum atomic E-state index is 12.6. The first kappa shape index (κ1) is 16.3. The van der Waals surface area contributed by atoms with Crippen LogP contribution in [0, 0.1) is 20.8 Å². The Bertz CT molecular complexity index is 1080. The molecule has 132 valence electrons. The van der Waals surface area contributed by atoms with Crippen molar-refractivity contribution in [2.24, 2.45) is 0 Å². The first-order valence-electron chi connectivity index (χ1n) is 8.33. The topological polar surface area (TPSA) is 87.0 Å². The average Bonchev–Trinajstić information content (AvgIpc) is 3.28. The fraction of sp³-hybridized carbons (Fsp3) is 0.263. The molecule has 4 rings (SSSR count). The number of oxazole rings is 1. The summed E-state index contributed by atoms with van der Waals surface area (Å²) in [5.74, 6) is 1.38. The number of nitrogens with zero attached hydrogens (tertiary/aromatic N) is 4. The molecule has 0 aliphatic carbocycles. The Kier molecular flexibility index (Phi) is 3.91. The average molecular weight is 350 g/mol. The summed E-state index contributed by atoms with van der Waals surface area (Å²) in [7, 11) is 0. The molecule has 0 spiro atoms. The van der Waals surface area contributed by atoms with Crippen LogP contribution < -0.4 is 0 Å². The Labute approximate surface area is 149 Å². The van der Waals surface area contributed by atoms with Gasteiger partial charge in [0, 0.05) is 30.7 Å². The molecule has 0 fully saturated rings. The molecule has 0 aliphatic rings. The van der Waals surface area contributed by atoms with Gasteiger partial charge in [-0.3, -0.25) is 9.48 Å². The standard InChI is InChI=1S/C19H18N4O3/c1-11-16(12(2)26-22-11)10-23-9-14(8-20-23)6-18(24)15-4-5-17-19(7-15)25-13(3)21-17/h4-5,7-9H,6,10H2,1-3H3. The van der Waals surface area contributed by atoms with Gasteiger partial charge in [-0.15, -0.1) is 0 Å². The van der Waals surface area contributed by atoms with Crippen molar-refractivity contribution < 1.29 is 13.7 Å². The molecule has 1 aromatic carbocycles. The van der Waals surface area contributed by atoms with E-state index < -0.39 is 0 Å². The van der Waals surface area contributed by atoms with Crippen molar-refractivity contribution in [3.05, 3.63) is 64.6 Å². The highest BCUT2D eigenvalue weighted by Gasteiger charge is 2.13. The highest BCUT2D eigenvalue weighted by Crippen LogP contribution is 2.19. The quantitative estimate of drug-likeness (QED) is 0.513. The molecule has 0 amide bonds. The second-order valence-electron chi connectivity index (χ2n) is 6.36. The first-order chi connectivity index (χ1) is 12.5. The van der Waals surface area contributed by atoms with Crippen LogP contribution >= 0.6 is 0 Å². The molecule has 0 atom stereocenters. The zero-order valence-electron chi connectivity index (χ0n) is 14.8. The van der Waals surface area contributed by atoms with Crippen molar-refractivity contribution in [3.8, 4) is 0 Å². The Morgan fingerprint density at radius 3 is 2.85 bits per heavy atom. The van der Waals surface area contributed by atoms with E-state index in [-0.39, 0.29) is 12.2 Å². The van der Waals surface area contributed by atoms with Crippen LogP contribution in [0.3, 0.4) is 0 Å². The molecule has 0 radical (unpaired) electrons. The van der Waals surface area contributed by atoms with Gasteiger partial charge in [-0.25, -0.2) is 4.98 Å². The summed E-state index contributed by atoms with van der Waals surface area (Å²) in [5, 5.41) is 8.29. The van der Waals surface area contributed by atoms with E-state index in [0.29, 0.717) is 23.6 Å². The van der Waals surface area contributed by atoms with Crippen LogP contribution in [0.2, 0.25) is 0 Å². The number of aryl methyl sites for hydroxylation is 3. The maximum absolute atomic E-state index is 12.6. The number of rotatable bonds is 5. The number of aromatic nitrogens is 4. The van der Waals surface area contributed by atoms with Crippen molar-refractivity contribution in [2.45, 2.75) is 33.7 Å². The normalized spacial score (nSPS) is 11.3. The monoisotopic (exact) mass is 350 g/mol. The van der Waals surface area contributed by atoms with Gasteiger partial charge >= 0.3 is 0 Å². The van der Waals surface area contributed by atoms with Crippen LogP contribution in [0.15, 0.2) is 39.5 Å². The van der Waals surface area contributed by atoms with E-state index in [1.54, 1.807) is 36.0 Å². The number of hydrogen-bond acceptors (Lipinski definition) is 6. The summed E-state index contributed by atoms with van der Waals surface area (Å²) in [5.41, 5.74) is 4.71. The third kappa shape index (κ3) is 3.03. The molecule has 0 bridgehead atoms. The van der Waals surface area contributed by atoms with Crippen LogP contribution in [-0.2, 0) is 13.0 Å². The molecule has 7 nitrogen and oxygen atoms in total.